The topological polar surface area (TPSA) is 86.7 Å². The summed E-state index contributed by atoms with van der Waals surface area (Å²) in [7, 11) is 0. The Balaban J connectivity index is 1.54. The number of imidazole rings is 1. The highest BCUT2D eigenvalue weighted by Crippen LogP contribution is 2.36. The van der Waals surface area contributed by atoms with Gasteiger partial charge in [-0.15, -0.1) is 0 Å². The molecule has 0 bridgehead atoms. The number of nitrogens with zero attached hydrogens (tertiary/aromatic N) is 5. The molecule has 7 nitrogen and oxygen atoms in total. The quantitative estimate of drug-likeness (QED) is 0.738. The predicted octanol–water partition coefficient (Wildman–Crippen LogP) is 2.77. The molecular weight excluding hydrogens is 354 g/mol. The number of pyridine rings is 2. The fraction of sp³-hybridized carbons (Fsp3) is 0.381. The molecule has 0 amide bonds. The Labute approximate surface area is 162 Å². The molecule has 7 heteroatoms. The summed E-state index contributed by atoms with van der Waals surface area (Å²) in [6.07, 6.45) is 7.34. The van der Waals surface area contributed by atoms with E-state index in [0.717, 1.165) is 43.0 Å². The number of hydrogen-bond donors (Lipinski definition) is 1. The number of fused-ring (bicyclic) bond motifs is 1. The van der Waals surface area contributed by atoms with Crippen LogP contribution in [0.4, 0.5) is 5.82 Å². The molecule has 3 aromatic rings. The maximum absolute atomic E-state index is 10.1. The van der Waals surface area contributed by atoms with Gasteiger partial charge in [0.1, 0.15) is 35.6 Å². The van der Waals surface area contributed by atoms with Gasteiger partial charge in [0.05, 0.1) is 17.5 Å². The van der Waals surface area contributed by atoms with Crippen molar-refractivity contribution >= 4 is 11.5 Å². The normalized spacial score (nSPS) is 17.6. The second-order valence-electron chi connectivity index (χ2n) is 7.64. The van der Waals surface area contributed by atoms with Crippen LogP contribution < -0.4 is 9.64 Å². The van der Waals surface area contributed by atoms with Crippen LogP contribution in [0.1, 0.15) is 31.4 Å². The van der Waals surface area contributed by atoms with Gasteiger partial charge in [0, 0.05) is 37.0 Å². The Morgan fingerprint density at radius 1 is 1.14 bits per heavy atom. The maximum Gasteiger partial charge on any atom is 0.145 e. The van der Waals surface area contributed by atoms with E-state index in [1.807, 2.05) is 28.8 Å². The lowest BCUT2D eigenvalue weighted by Gasteiger charge is -2.17. The number of anilines is 1. The molecule has 0 unspecified atom stereocenters. The lowest BCUT2D eigenvalue weighted by molar-refractivity contribution is 0.0857. The summed E-state index contributed by atoms with van der Waals surface area (Å²) < 4.78 is 7.65. The van der Waals surface area contributed by atoms with Crippen LogP contribution in [0.15, 0.2) is 36.7 Å². The number of ether oxygens (including phenoxy) is 1. The van der Waals surface area contributed by atoms with Gasteiger partial charge in [0.25, 0.3) is 0 Å². The SMILES string of the molecule is N#Cc1cnc2cc(OCC3(O)CC3)cc(-c3ccc(N4CCCC4)nc3)n12. The summed E-state index contributed by atoms with van der Waals surface area (Å²) in [5, 5.41) is 19.5. The zero-order chi connectivity index (χ0) is 19.1. The van der Waals surface area contributed by atoms with Gasteiger partial charge >= 0.3 is 0 Å². The average Bonchev–Trinajstić information content (AvgIpc) is 3.14. The van der Waals surface area contributed by atoms with Crippen molar-refractivity contribution in [2.75, 3.05) is 24.6 Å². The number of nitriles is 1. The van der Waals surface area contributed by atoms with Gasteiger partial charge in [-0.1, -0.05) is 0 Å². The Kier molecular flexibility index (Phi) is 3.95. The Morgan fingerprint density at radius 2 is 1.96 bits per heavy atom. The molecule has 28 heavy (non-hydrogen) atoms. The molecular formula is C21H21N5O2. The molecule has 0 radical (unpaired) electrons. The lowest BCUT2D eigenvalue weighted by atomic mass is 10.1. The highest BCUT2D eigenvalue weighted by Gasteiger charge is 2.41. The molecule has 1 saturated heterocycles. The monoisotopic (exact) mass is 375 g/mol. The fourth-order valence-electron chi connectivity index (χ4n) is 3.64. The van der Waals surface area contributed by atoms with Crippen LogP contribution in [0, 0.1) is 11.3 Å². The van der Waals surface area contributed by atoms with Gasteiger partial charge in [-0.25, -0.2) is 9.97 Å². The largest absolute Gasteiger partial charge is 0.490 e. The zero-order valence-electron chi connectivity index (χ0n) is 15.5. The van der Waals surface area contributed by atoms with Gasteiger partial charge in [-0.2, -0.15) is 5.26 Å². The van der Waals surface area contributed by atoms with Crippen LogP contribution in [0.3, 0.4) is 0 Å². The van der Waals surface area contributed by atoms with Crippen LogP contribution >= 0.6 is 0 Å². The molecule has 4 heterocycles. The zero-order valence-corrected chi connectivity index (χ0v) is 15.5. The first-order valence-corrected chi connectivity index (χ1v) is 9.63. The van der Waals surface area contributed by atoms with Crippen molar-refractivity contribution in [1.82, 2.24) is 14.4 Å². The van der Waals surface area contributed by atoms with Crippen LogP contribution in [0.25, 0.3) is 16.9 Å². The summed E-state index contributed by atoms with van der Waals surface area (Å²) in [6.45, 7) is 2.35. The van der Waals surface area contributed by atoms with Gasteiger partial charge in [-0.3, -0.25) is 4.40 Å². The summed E-state index contributed by atoms with van der Waals surface area (Å²) in [5.74, 6) is 1.61. The van der Waals surface area contributed by atoms with Crippen LogP contribution in [0.5, 0.6) is 5.75 Å². The van der Waals surface area contributed by atoms with E-state index in [1.54, 1.807) is 12.3 Å². The van der Waals surface area contributed by atoms with Gasteiger partial charge in [-0.05, 0) is 37.8 Å². The third-order valence-electron chi connectivity index (χ3n) is 5.50. The van der Waals surface area contributed by atoms with E-state index in [2.05, 4.69) is 20.9 Å². The van der Waals surface area contributed by atoms with Crippen molar-refractivity contribution in [3.05, 3.63) is 42.4 Å². The van der Waals surface area contributed by atoms with Gasteiger partial charge in [0.2, 0.25) is 0 Å². The molecule has 2 aliphatic rings. The van der Waals surface area contributed by atoms with Crippen LogP contribution in [-0.2, 0) is 0 Å². The summed E-state index contributed by atoms with van der Waals surface area (Å²) in [5.41, 5.74) is 2.08. The van der Waals surface area contributed by atoms with E-state index in [0.29, 0.717) is 17.1 Å². The van der Waals surface area contributed by atoms with E-state index in [-0.39, 0.29) is 6.61 Å². The van der Waals surface area contributed by atoms with E-state index in [1.165, 1.54) is 12.8 Å². The number of aromatic nitrogens is 3. The van der Waals surface area contributed by atoms with Crippen molar-refractivity contribution in [3.8, 4) is 23.1 Å². The smallest absolute Gasteiger partial charge is 0.145 e. The van der Waals surface area contributed by atoms with Gasteiger partial charge in [0.15, 0.2) is 0 Å². The molecule has 0 spiro atoms. The van der Waals surface area contributed by atoms with Crippen molar-refractivity contribution in [2.24, 2.45) is 0 Å². The van der Waals surface area contributed by atoms with Crippen molar-refractivity contribution < 1.29 is 9.84 Å². The number of rotatable bonds is 5. The Bertz CT molecular complexity index is 1060. The molecule has 3 aromatic heterocycles. The third-order valence-corrected chi connectivity index (χ3v) is 5.50. The van der Waals surface area contributed by atoms with E-state index in [4.69, 9.17) is 4.74 Å². The van der Waals surface area contributed by atoms with Crippen molar-refractivity contribution in [1.29, 1.82) is 5.26 Å². The molecule has 1 N–H and O–H groups in total. The maximum atomic E-state index is 10.1. The van der Waals surface area contributed by atoms with Crippen LogP contribution in [-0.4, -0.2) is 44.8 Å². The summed E-state index contributed by atoms with van der Waals surface area (Å²) in [4.78, 5) is 11.3. The fourth-order valence-corrected chi connectivity index (χ4v) is 3.64. The van der Waals surface area contributed by atoms with E-state index in [9.17, 15) is 10.4 Å². The van der Waals surface area contributed by atoms with Gasteiger partial charge < -0.3 is 14.7 Å². The van der Waals surface area contributed by atoms with E-state index < -0.39 is 5.60 Å². The van der Waals surface area contributed by atoms with E-state index >= 15 is 0 Å². The highest BCUT2D eigenvalue weighted by molar-refractivity contribution is 5.68. The predicted molar refractivity (Wildman–Crippen MR) is 104 cm³/mol. The second kappa shape index (κ2) is 6.50. The number of hydrogen-bond acceptors (Lipinski definition) is 6. The molecule has 1 aliphatic carbocycles. The third kappa shape index (κ3) is 3.06. The molecule has 2 fully saturated rings. The standard InChI is InChI=1S/C21H21N5O2/c22-11-16-13-24-20-10-17(28-14-21(27)5-6-21)9-18(26(16)20)15-3-4-19(23-12-15)25-7-1-2-8-25/h3-4,9-10,12-13,27H,1-2,5-8,14H2. The van der Waals surface area contributed by atoms with Crippen molar-refractivity contribution in [3.63, 3.8) is 0 Å². The Hall–Kier alpha value is -3.11. The molecule has 142 valence electrons. The average molecular weight is 375 g/mol. The first kappa shape index (κ1) is 17.0. The van der Waals surface area contributed by atoms with Crippen molar-refractivity contribution in [2.45, 2.75) is 31.3 Å². The lowest BCUT2D eigenvalue weighted by Crippen LogP contribution is -2.19. The minimum atomic E-state index is -0.696. The summed E-state index contributed by atoms with van der Waals surface area (Å²) >= 11 is 0. The first-order chi connectivity index (χ1) is 13.6. The minimum Gasteiger partial charge on any atom is -0.490 e. The molecule has 1 saturated carbocycles. The minimum absolute atomic E-state index is 0.264. The number of aliphatic hydroxyl groups is 1. The molecule has 0 aromatic carbocycles. The first-order valence-electron chi connectivity index (χ1n) is 9.63. The second-order valence-corrected chi connectivity index (χ2v) is 7.64. The summed E-state index contributed by atoms with van der Waals surface area (Å²) in [6, 6.07) is 9.92. The molecule has 0 atom stereocenters. The van der Waals surface area contributed by atoms with Crippen LogP contribution in [0.2, 0.25) is 0 Å². The molecule has 1 aliphatic heterocycles. The Morgan fingerprint density at radius 3 is 2.64 bits per heavy atom. The molecule has 5 rings (SSSR count). The highest BCUT2D eigenvalue weighted by atomic mass is 16.5.